The summed E-state index contributed by atoms with van der Waals surface area (Å²) >= 11 is 0. The van der Waals surface area contributed by atoms with Crippen LogP contribution in [0, 0.1) is 17.8 Å². The van der Waals surface area contributed by atoms with Gasteiger partial charge >= 0.3 is 0 Å². The van der Waals surface area contributed by atoms with Gasteiger partial charge in [0.1, 0.15) is 6.54 Å². The zero-order valence-electron chi connectivity index (χ0n) is 9.07. The van der Waals surface area contributed by atoms with Crippen molar-refractivity contribution < 1.29 is 5.32 Å². The van der Waals surface area contributed by atoms with E-state index in [1.165, 1.54) is 6.42 Å². The maximum absolute atomic E-state index is 5.22. The highest BCUT2D eigenvalue weighted by molar-refractivity contribution is 4.83. The minimum Gasteiger partial charge on any atom is -0.332 e. The Morgan fingerprint density at radius 3 is 2.00 bits per heavy atom. The number of terminal acetylenes is 1. The van der Waals surface area contributed by atoms with Gasteiger partial charge in [0.15, 0.2) is 0 Å². The Morgan fingerprint density at radius 2 is 1.67 bits per heavy atom. The first-order valence-electron chi connectivity index (χ1n) is 4.55. The second kappa shape index (κ2) is 3.96. The third-order valence-electron chi connectivity index (χ3n) is 1.76. The van der Waals surface area contributed by atoms with E-state index in [2.05, 4.69) is 45.9 Å². The number of nitrogens with two attached hydrogens (primary N) is 1. The van der Waals surface area contributed by atoms with Crippen molar-refractivity contribution in [2.45, 2.75) is 46.6 Å². The van der Waals surface area contributed by atoms with E-state index in [1.54, 1.807) is 0 Å². The van der Waals surface area contributed by atoms with Crippen LogP contribution in [0.3, 0.4) is 0 Å². The Labute approximate surface area is 76.9 Å². The van der Waals surface area contributed by atoms with Gasteiger partial charge in [0, 0.05) is 6.42 Å². The molecule has 12 heavy (non-hydrogen) atoms. The average Bonchev–Trinajstić information content (AvgIpc) is 1.78. The molecule has 1 heteroatoms. The van der Waals surface area contributed by atoms with Gasteiger partial charge in [-0.3, -0.25) is 0 Å². The molecule has 0 radical (unpaired) electrons. The Kier molecular flexibility index (Phi) is 3.80. The zero-order valence-corrected chi connectivity index (χ0v) is 9.07. The highest BCUT2D eigenvalue weighted by atomic mass is 14.9. The number of quaternary nitrogens is 1. The van der Waals surface area contributed by atoms with Crippen LogP contribution in [-0.2, 0) is 0 Å². The van der Waals surface area contributed by atoms with Gasteiger partial charge < -0.3 is 5.32 Å². The van der Waals surface area contributed by atoms with Gasteiger partial charge in [-0.1, -0.05) is 20.8 Å². The molecule has 0 amide bonds. The fourth-order valence-electron chi connectivity index (χ4n) is 1.77. The molecule has 0 unspecified atom stereocenters. The molecule has 0 aliphatic carbocycles. The first-order valence-corrected chi connectivity index (χ1v) is 4.55. The summed E-state index contributed by atoms with van der Waals surface area (Å²) in [6.07, 6.45) is 6.40. The summed E-state index contributed by atoms with van der Waals surface area (Å²) in [7, 11) is 0. The standard InChI is InChI=1S/C11H21N/c1-7-8-12-11(5,6)9-10(2,3)4/h1,12H,8-9H2,2-6H3/p+1. The number of hydrogen-bond donors (Lipinski definition) is 1. The van der Waals surface area contributed by atoms with Gasteiger partial charge in [0.2, 0.25) is 0 Å². The lowest BCUT2D eigenvalue weighted by Crippen LogP contribution is -2.95. The average molecular weight is 168 g/mol. The molecule has 2 N–H and O–H groups in total. The van der Waals surface area contributed by atoms with Crippen LogP contribution >= 0.6 is 0 Å². The molecule has 0 spiro atoms. The van der Waals surface area contributed by atoms with Crippen molar-refractivity contribution in [2.75, 3.05) is 6.54 Å². The van der Waals surface area contributed by atoms with E-state index < -0.39 is 0 Å². The molecule has 0 saturated heterocycles. The molecule has 0 rings (SSSR count). The van der Waals surface area contributed by atoms with Crippen LogP contribution in [-0.4, -0.2) is 12.1 Å². The molecule has 0 aliphatic heterocycles. The summed E-state index contributed by atoms with van der Waals surface area (Å²) < 4.78 is 0. The highest BCUT2D eigenvalue weighted by Crippen LogP contribution is 2.24. The van der Waals surface area contributed by atoms with Crippen LogP contribution in [0.25, 0.3) is 0 Å². The lowest BCUT2D eigenvalue weighted by molar-refractivity contribution is -0.713. The predicted octanol–water partition coefficient (Wildman–Crippen LogP) is 1.40. The summed E-state index contributed by atoms with van der Waals surface area (Å²) in [5.74, 6) is 2.65. The summed E-state index contributed by atoms with van der Waals surface area (Å²) in [5, 5.41) is 2.23. The fraction of sp³-hybridized carbons (Fsp3) is 0.818. The summed E-state index contributed by atoms with van der Waals surface area (Å²) in [6.45, 7) is 12.1. The van der Waals surface area contributed by atoms with Crippen molar-refractivity contribution in [1.82, 2.24) is 0 Å². The third-order valence-corrected chi connectivity index (χ3v) is 1.76. The van der Waals surface area contributed by atoms with Crippen LogP contribution in [0.5, 0.6) is 0 Å². The molecule has 0 bridgehead atoms. The Hall–Kier alpha value is -0.480. The molecule has 0 fully saturated rings. The van der Waals surface area contributed by atoms with E-state index >= 15 is 0 Å². The SMILES string of the molecule is C#CC[NH2+]C(C)(C)CC(C)(C)C. The van der Waals surface area contributed by atoms with Crippen LogP contribution < -0.4 is 5.32 Å². The van der Waals surface area contributed by atoms with Gasteiger partial charge in [-0.25, -0.2) is 0 Å². The largest absolute Gasteiger partial charge is 0.332 e. The molecular formula is C11H22N+. The first kappa shape index (κ1) is 11.5. The van der Waals surface area contributed by atoms with Crippen molar-refractivity contribution in [1.29, 1.82) is 0 Å². The molecule has 0 aromatic heterocycles. The van der Waals surface area contributed by atoms with E-state index in [0.29, 0.717) is 5.41 Å². The van der Waals surface area contributed by atoms with Gasteiger partial charge in [-0.2, -0.15) is 0 Å². The van der Waals surface area contributed by atoms with Gasteiger partial charge in [-0.15, -0.1) is 6.42 Å². The summed E-state index contributed by atoms with van der Waals surface area (Å²) in [6, 6.07) is 0. The molecule has 0 atom stereocenters. The maximum atomic E-state index is 5.22. The predicted molar refractivity (Wildman–Crippen MR) is 53.8 cm³/mol. The first-order chi connectivity index (χ1) is 5.27. The van der Waals surface area contributed by atoms with Crippen molar-refractivity contribution in [3.63, 3.8) is 0 Å². The number of rotatable bonds is 3. The van der Waals surface area contributed by atoms with Crippen LogP contribution in [0.15, 0.2) is 0 Å². The summed E-state index contributed by atoms with van der Waals surface area (Å²) in [5.41, 5.74) is 0.652. The molecule has 1 nitrogen and oxygen atoms in total. The van der Waals surface area contributed by atoms with Crippen LogP contribution in [0.1, 0.15) is 41.0 Å². The molecule has 0 aliphatic rings. The molecule has 0 aromatic rings. The van der Waals surface area contributed by atoms with Gasteiger partial charge in [0.25, 0.3) is 0 Å². The highest BCUT2D eigenvalue weighted by Gasteiger charge is 2.27. The van der Waals surface area contributed by atoms with E-state index in [-0.39, 0.29) is 5.54 Å². The normalized spacial score (nSPS) is 12.7. The van der Waals surface area contributed by atoms with Gasteiger partial charge in [-0.05, 0) is 25.2 Å². The fourth-order valence-corrected chi connectivity index (χ4v) is 1.77. The second-order valence-corrected chi connectivity index (χ2v) is 5.34. The minimum atomic E-state index is 0.268. The van der Waals surface area contributed by atoms with Crippen molar-refractivity contribution >= 4 is 0 Å². The van der Waals surface area contributed by atoms with Crippen molar-refractivity contribution in [3.05, 3.63) is 0 Å². The Bertz CT molecular complexity index is 166. The Morgan fingerprint density at radius 1 is 1.17 bits per heavy atom. The second-order valence-electron chi connectivity index (χ2n) is 5.34. The molecule has 0 heterocycles. The minimum absolute atomic E-state index is 0.268. The number of hydrogen-bond acceptors (Lipinski definition) is 0. The molecule has 0 saturated carbocycles. The Balaban J connectivity index is 3.97. The van der Waals surface area contributed by atoms with Crippen molar-refractivity contribution in [3.8, 4) is 12.3 Å². The van der Waals surface area contributed by atoms with Crippen molar-refractivity contribution in [2.24, 2.45) is 5.41 Å². The molecule has 70 valence electrons. The van der Waals surface area contributed by atoms with E-state index in [9.17, 15) is 0 Å². The maximum Gasteiger partial charge on any atom is 0.137 e. The molecule has 0 aromatic carbocycles. The topological polar surface area (TPSA) is 16.6 Å². The monoisotopic (exact) mass is 168 g/mol. The quantitative estimate of drug-likeness (QED) is 0.613. The van der Waals surface area contributed by atoms with Crippen LogP contribution in [0.4, 0.5) is 0 Å². The smallest absolute Gasteiger partial charge is 0.137 e. The lowest BCUT2D eigenvalue weighted by Gasteiger charge is -2.29. The summed E-state index contributed by atoms with van der Waals surface area (Å²) in [4.78, 5) is 0. The zero-order chi connectivity index (χ0) is 9.83. The lowest BCUT2D eigenvalue weighted by atomic mass is 9.82. The third kappa shape index (κ3) is 6.24. The van der Waals surface area contributed by atoms with E-state index in [4.69, 9.17) is 6.42 Å². The van der Waals surface area contributed by atoms with E-state index in [0.717, 1.165) is 6.54 Å². The van der Waals surface area contributed by atoms with E-state index in [1.807, 2.05) is 0 Å². The van der Waals surface area contributed by atoms with Gasteiger partial charge in [0.05, 0.1) is 5.54 Å². The molecular weight excluding hydrogens is 146 g/mol. The van der Waals surface area contributed by atoms with Crippen LogP contribution in [0.2, 0.25) is 0 Å².